The number of amides is 1. The van der Waals surface area contributed by atoms with Crippen LogP contribution in [0.15, 0.2) is 42.7 Å². The molecule has 1 amide bonds. The topological polar surface area (TPSA) is 85.8 Å². The number of anilines is 1. The van der Waals surface area contributed by atoms with E-state index in [4.69, 9.17) is 5.73 Å². The van der Waals surface area contributed by atoms with Crippen LogP contribution >= 0.6 is 11.3 Å². The van der Waals surface area contributed by atoms with Crippen molar-refractivity contribution in [3.63, 3.8) is 0 Å². The zero-order chi connectivity index (χ0) is 15.5. The molecule has 112 valence electrons. The smallest absolute Gasteiger partial charge is 0.268 e. The predicted octanol–water partition coefficient (Wildman–Crippen LogP) is 2.25. The summed E-state index contributed by atoms with van der Waals surface area (Å²) in [6.07, 6.45) is 3.37. The highest BCUT2D eigenvalue weighted by Gasteiger charge is 2.15. The Kier molecular flexibility index (Phi) is 3.99. The first-order valence-electron chi connectivity index (χ1n) is 6.72. The van der Waals surface area contributed by atoms with Crippen molar-refractivity contribution in [3.05, 3.63) is 53.2 Å². The maximum Gasteiger partial charge on any atom is 0.268 e. The SMILES string of the molecule is Cn1cc(CN)c(NC(=O)c2cnc(-c3ccccc3)s2)n1. The molecule has 0 aliphatic rings. The van der Waals surface area contributed by atoms with Gasteiger partial charge >= 0.3 is 0 Å². The van der Waals surface area contributed by atoms with Crippen molar-refractivity contribution in [2.75, 3.05) is 5.32 Å². The van der Waals surface area contributed by atoms with E-state index in [2.05, 4.69) is 15.4 Å². The summed E-state index contributed by atoms with van der Waals surface area (Å²) in [6.45, 7) is 0.321. The lowest BCUT2D eigenvalue weighted by Gasteiger charge is -2.01. The van der Waals surface area contributed by atoms with Crippen molar-refractivity contribution in [3.8, 4) is 10.6 Å². The van der Waals surface area contributed by atoms with E-state index in [9.17, 15) is 4.79 Å². The third-order valence-electron chi connectivity index (χ3n) is 3.11. The molecule has 0 radical (unpaired) electrons. The average Bonchev–Trinajstić information content (AvgIpc) is 3.15. The molecule has 0 saturated heterocycles. The van der Waals surface area contributed by atoms with Gasteiger partial charge in [-0.05, 0) is 0 Å². The number of nitrogens with one attached hydrogen (secondary N) is 1. The Hall–Kier alpha value is -2.51. The third-order valence-corrected chi connectivity index (χ3v) is 4.15. The van der Waals surface area contributed by atoms with E-state index in [0.717, 1.165) is 16.1 Å². The Bertz CT molecular complexity index is 793. The van der Waals surface area contributed by atoms with Crippen molar-refractivity contribution in [2.24, 2.45) is 12.8 Å². The molecular formula is C15H15N5OS. The van der Waals surface area contributed by atoms with Gasteiger partial charge in [0.1, 0.15) is 9.88 Å². The van der Waals surface area contributed by atoms with Gasteiger partial charge in [-0.2, -0.15) is 5.10 Å². The molecule has 0 unspecified atom stereocenters. The normalized spacial score (nSPS) is 10.6. The lowest BCUT2D eigenvalue weighted by atomic mass is 10.2. The van der Waals surface area contributed by atoms with Crippen molar-refractivity contribution >= 4 is 23.1 Å². The van der Waals surface area contributed by atoms with Crippen LogP contribution in [0.2, 0.25) is 0 Å². The van der Waals surface area contributed by atoms with Crippen LogP contribution in [0.25, 0.3) is 10.6 Å². The molecule has 22 heavy (non-hydrogen) atoms. The second-order valence-corrected chi connectivity index (χ2v) is 5.76. The summed E-state index contributed by atoms with van der Waals surface area (Å²) in [7, 11) is 1.79. The van der Waals surface area contributed by atoms with Crippen molar-refractivity contribution < 1.29 is 4.79 Å². The number of benzene rings is 1. The molecule has 0 aliphatic heterocycles. The van der Waals surface area contributed by atoms with E-state index in [1.807, 2.05) is 30.3 Å². The summed E-state index contributed by atoms with van der Waals surface area (Å²) in [4.78, 5) is 17.1. The summed E-state index contributed by atoms with van der Waals surface area (Å²) in [5.41, 5.74) is 7.43. The molecule has 0 spiro atoms. The number of rotatable bonds is 4. The highest BCUT2D eigenvalue weighted by atomic mass is 32.1. The minimum atomic E-state index is -0.229. The van der Waals surface area contributed by atoms with Gasteiger partial charge in [0.05, 0.1) is 6.20 Å². The molecular weight excluding hydrogens is 298 g/mol. The molecule has 3 N–H and O–H groups in total. The summed E-state index contributed by atoms with van der Waals surface area (Å²) < 4.78 is 1.62. The zero-order valence-electron chi connectivity index (χ0n) is 12.0. The van der Waals surface area contributed by atoms with E-state index in [1.165, 1.54) is 11.3 Å². The van der Waals surface area contributed by atoms with Crippen LogP contribution in [0.4, 0.5) is 5.82 Å². The van der Waals surface area contributed by atoms with E-state index >= 15 is 0 Å². The fraction of sp³-hybridized carbons (Fsp3) is 0.133. The Morgan fingerprint density at radius 1 is 1.36 bits per heavy atom. The van der Waals surface area contributed by atoms with E-state index in [1.54, 1.807) is 24.1 Å². The minimum Gasteiger partial charge on any atom is -0.326 e. The number of nitrogens with two attached hydrogens (primary N) is 1. The van der Waals surface area contributed by atoms with E-state index < -0.39 is 0 Å². The molecule has 0 aliphatic carbocycles. The number of hydrogen-bond donors (Lipinski definition) is 2. The molecule has 2 heterocycles. The van der Waals surface area contributed by atoms with Crippen LogP contribution in [0.5, 0.6) is 0 Å². The van der Waals surface area contributed by atoms with Crippen molar-refractivity contribution in [1.82, 2.24) is 14.8 Å². The second kappa shape index (κ2) is 6.08. The molecule has 7 heteroatoms. The number of aromatic nitrogens is 3. The highest BCUT2D eigenvalue weighted by Crippen LogP contribution is 2.25. The van der Waals surface area contributed by atoms with Gasteiger partial charge in [0, 0.05) is 30.9 Å². The van der Waals surface area contributed by atoms with Crippen LogP contribution in [-0.2, 0) is 13.6 Å². The fourth-order valence-electron chi connectivity index (χ4n) is 2.05. The number of thiazole rings is 1. The molecule has 0 saturated carbocycles. The third kappa shape index (κ3) is 2.90. The zero-order valence-corrected chi connectivity index (χ0v) is 12.8. The molecule has 6 nitrogen and oxygen atoms in total. The standard InChI is InChI=1S/C15H15N5OS/c1-20-9-11(7-16)13(19-20)18-14(21)12-8-17-15(22-12)10-5-3-2-4-6-10/h2-6,8-9H,7,16H2,1H3,(H,18,19,21). The number of aryl methyl sites for hydroxylation is 1. The lowest BCUT2D eigenvalue weighted by Crippen LogP contribution is -2.13. The predicted molar refractivity (Wildman–Crippen MR) is 86.6 cm³/mol. The number of carbonyl (C=O) groups is 1. The van der Waals surface area contributed by atoms with Crippen molar-refractivity contribution in [1.29, 1.82) is 0 Å². The maximum absolute atomic E-state index is 12.3. The van der Waals surface area contributed by atoms with Crippen LogP contribution in [0, 0.1) is 0 Å². The van der Waals surface area contributed by atoms with Gasteiger partial charge in [-0.1, -0.05) is 30.3 Å². The molecule has 0 bridgehead atoms. The monoisotopic (exact) mass is 313 g/mol. The molecule has 3 rings (SSSR count). The molecule has 1 aromatic carbocycles. The van der Waals surface area contributed by atoms with E-state index in [0.29, 0.717) is 17.2 Å². The quantitative estimate of drug-likeness (QED) is 0.773. The number of nitrogens with zero attached hydrogens (tertiary/aromatic N) is 3. The average molecular weight is 313 g/mol. The first kappa shape index (κ1) is 14.4. The minimum absolute atomic E-state index is 0.229. The Morgan fingerprint density at radius 3 is 2.86 bits per heavy atom. The van der Waals surface area contributed by atoms with Gasteiger partial charge in [-0.15, -0.1) is 11.3 Å². The van der Waals surface area contributed by atoms with E-state index in [-0.39, 0.29) is 5.91 Å². The van der Waals surface area contributed by atoms with Crippen LogP contribution in [0.3, 0.4) is 0 Å². The van der Waals surface area contributed by atoms with Crippen LogP contribution in [0.1, 0.15) is 15.2 Å². The number of hydrogen-bond acceptors (Lipinski definition) is 5. The fourth-order valence-corrected chi connectivity index (χ4v) is 2.87. The van der Waals surface area contributed by atoms with Crippen LogP contribution < -0.4 is 11.1 Å². The lowest BCUT2D eigenvalue weighted by molar-refractivity contribution is 0.103. The van der Waals surface area contributed by atoms with Gasteiger partial charge in [-0.25, -0.2) is 4.98 Å². The Morgan fingerprint density at radius 2 is 2.14 bits per heavy atom. The van der Waals surface area contributed by atoms with Gasteiger partial charge in [0.2, 0.25) is 0 Å². The molecule has 0 atom stereocenters. The Labute approximate surface area is 131 Å². The molecule has 0 fully saturated rings. The van der Waals surface area contributed by atoms with Gasteiger partial charge < -0.3 is 11.1 Å². The first-order chi connectivity index (χ1) is 10.7. The van der Waals surface area contributed by atoms with Crippen LogP contribution in [-0.4, -0.2) is 20.7 Å². The van der Waals surface area contributed by atoms with Gasteiger partial charge in [0.25, 0.3) is 5.91 Å². The molecule has 3 aromatic rings. The Balaban J connectivity index is 1.80. The summed E-state index contributed by atoms with van der Waals surface area (Å²) in [5.74, 6) is 0.262. The largest absolute Gasteiger partial charge is 0.326 e. The van der Waals surface area contributed by atoms with Gasteiger partial charge in [0.15, 0.2) is 5.82 Å². The summed E-state index contributed by atoms with van der Waals surface area (Å²) in [6, 6.07) is 9.76. The highest BCUT2D eigenvalue weighted by molar-refractivity contribution is 7.17. The second-order valence-electron chi connectivity index (χ2n) is 4.73. The van der Waals surface area contributed by atoms with Gasteiger partial charge in [-0.3, -0.25) is 9.48 Å². The number of carbonyl (C=O) groups excluding carboxylic acids is 1. The summed E-state index contributed by atoms with van der Waals surface area (Å²) >= 11 is 1.34. The van der Waals surface area contributed by atoms with Crippen molar-refractivity contribution in [2.45, 2.75) is 6.54 Å². The molecule has 2 aromatic heterocycles. The first-order valence-corrected chi connectivity index (χ1v) is 7.54. The summed E-state index contributed by atoms with van der Waals surface area (Å²) in [5, 5.41) is 7.79. The maximum atomic E-state index is 12.3.